The summed E-state index contributed by atoms with van der Waals surface area (Å²) in [5, 5.41) is 15.0. The van der Waals surface area contributed by atoms with E-state index in [0.717, 1.165) is 24.2 Å². The summed E-state index contributed by atoms with van der Waals surface area (Å²) in [7, 11) is 1.97. The number of aliphatic imine (C=N–C) groups is 1. The Hall–Kier alpha value is -0.860. The van der Waals surface area contributed by atoms with Crippen molar-refractivity contribution in [2.24, 2.45) is 12.0 Å². The van der Waals surface area contributed by atoms with Crippen LogP contribution >= 0.6 is 24.0 Å². The molecule has 21 heavy (non-hydrogen) atoms. The molecule has 0 saturated heterocycles. The van der Waals surface area contributed by atoms with E-state index in [-0.39, 0.29) is 24.0 Å². The maximum atomic E-state index is 4.62. The van der Waals surface area contributed by atoms with Gasteiger partial charge < -0.3 is 15.2 Å². The van der Waals surface area contributed by atoms with Gasteiger partial charge in [-0.15, -0.1) is 34.2 Å². The third-order valence-electron chi connectivity index (χ3n) is 3.85. The summed E-state index contributed by atoms with van der Waals surface area (Å²) in [6.07, 6.45) is 6.49. The molecule has 1 aliphatic rings. The van der Waals surface area contributed by atoms with Crippen LogP contribution in [0.1, 0.15) is 50.7 Å². The first kappa shape index (κ1) is 18.2. The number of hydrogen-bond acceptors (Lipinski definition) is 3. The molecule has 2 N–H and O–H groups in total. The van der Waals surface area contributed by atoms with Gasteiger partial charge in [0.1, 0.15) is 12.4 Å². The first-order valence-corrected chi connectivity index (χ1v) is 7.60. The van der Waals surface area contributed by atoms with Gasteiger partial charge in [0.05, 0.1) is 0 Å². The first-order valence-electron chi connectivity index (χ1n) is 7.60. The van der Waals surface area contributed by atoms with E-state index < -0.39 is 0 Å². The monoisotopic (exact) mass is 406 g/mol. The van der Waals surface area contributed by atoms with Crippen molar-refractivity contribution in [3.63, 3.8) is 0 Å². The van der Waals surface area contributed by atoms with Crippen LogP contribution in [-0.4, -0.2) is 33.3 Å². The highest BCUT2D eigenvalue weighted by Gasteiger charge is 2.14. The second-order valence-corrected chi connectivity index (χ2v) is 5.40. The topological polar surface area (TPSA) is 67.1 Å². The van der Waals surface area contributed by atoms with E-state index in [9.17, 15) is 0 Å². The number of guanidine groups is 1. The van der Waals surface area contributed by atoms with Crippen molar-refractivity contribution in [2.45, 2.75) is 58.5 Å². The Kier molecular flexibility index (Phi) is 7.98. The Morgan fingerprint density at radius 1 is 1.29 bits per heavy atom. The molecule has 0 unspecified atom stereocenters. The zero-order valence-electron chi connectivity index (χ0n) is 13.2. The van der Waals surface area contributed by atoms with Crippen LogP contribution in [0.4, 0.5) is 0 Å². The molecule has 1 aliphatic carbocycles. The van der Waals surface area contributed by atoms with Crippen molar-refractivity contribution < 1.29 is 0 Å². The van der Waals surface area contributed by atoms with Crippen LogP contribution in [0.3, 0.4) is 0 Å². The van der Waals surface area contributed by atoms with Gasteiger partial charge in [0.25, 0.3) is 0 Å². The number of rotatable bonds is 4. The summed E-state index contributed by atoms with van der Waals surface area (Å²) in [5.41, 5.74) is 0. The smallest absolute Gasteiger partial charge is 0.191 e. The summed E-state index contributed by atoms with van der Waals surface area (Å²) in [6.45, 7) is 5.46. The molecule has 0 aromatic carbocycles. The van der Waals surface area contributed by atoms with Crippen molar-refractivity contribution >= 4 is 29.9 Å². The fourth-order valence-corrected chi connectivity index (χ4v) is 2.50. The molecule has 120 valence electrons. The SMILES string of the molecule is CCNC(=NCc1nnc(C)n1C)NC1CCCCC1.I. The van der Waals surface area contributed by atoms with Crippen molar-refractivity contribution in [1.82, 2.24) is 25.4 Å². The largest absolute Gasteiger partial charge is 0.357 e. The lowest BCUT2D eigenvalue weighted by atomic mass is 9.96. The second kappa shape index (κ2) is 9.22. The molecule has 2 rings (SSSR count). The normalized spacial score (nSPS) is 16.4. The molecule has 1 aromatic heterocycles. The third-order valence-corrected chi connectivity index (χ3v) is 3.85. The van der Waals surface area contributed by atoms with E-state index in [0.29, 0.717) is 12.6 Å². The summed E-state index contributed by atoms with van der Waals surface area (Å²) in [6, 6.07) is 0.558. The van der Waals surface area contributed by atoms with Crippen LogP contribution in [0, 0.1) is 6.92 Å². The van der Waals surface area contributed by atoms with Crippen LogP contribution in [0.2, 0.25) is 0 Å². The van der Waals surface area contributed by atoms with Gasteiger partial charge in [-0.3, -0.25) is 0 Å². The van der Waals surface area contributed by atoms with Gasteiger partial charge in [-0.2, -0.15) is 0 Å². The van der Waals surface area contributed by atoms with Gasteiger partial charge in [-0.05, 0) is 26.7 Å². The number of aryl methyl sites for hydroxylation is 1. The molecule has 1 aromatic rings. The maximum Gasteiger partial charge on any atom is 0.191 e. The summed E-state index contributed by atoms with van der Waals surface area (Å²) < 4.78 is 1.98. The van der Waals surface area contributed by atoms with Gasteiger partial charge >= 0.3 is 0 Å². The highest BCUT2D eigenvalue weighted by atomic mass is 127. The number of aromatic nitrogens is 3. The molecular formula is C14H27IN6. The molecule has 0 amide bonds. The van der Waals surface area contributed by atoms with Gasteiger partial charge in [0.15, 0.2) is 11.8 Å². The maximum absolute atomic E-state index is 4.62. The molecule has 0 aliphatic heterocycles. The van der Waals surface area contributed by atoms with Crippen molar-refractivity contribution in [3.8, 4) is 0 Å². The molecule has 1 fully saturated rings. The minimum Gasteiger partial charge on any atom is -0.357 e. The Balaban J connectivity index is 0.00000220. The number of nitrogens with zero attached hydrogens (tertiary/aromatic N) is 4. The highest BCUT2D eigenvalue weighted by molar-refractivity contribution is 14.0. The lowest BCUT2D eigenvalue weighted by Gasteiger charge is -2.24. The van der Waals surface area contributed by atoms with Crippen LogP contribution in [0.15, 0.2) is 4.99 Å². The van der Waals surface area contributed by atoms with E-state index in [1.807, 2.05) is 18.5 Å². The van der Waals surface area contributed by atoms with Crippen LogP contribution in [0.25, 0.3) is 0 Å². The highest BCUT2D eigenvalue weighted by Crippen LogP contribution is 2.17. The molecule has 0 radical (unpaired) electrons. The number of hydrogen-bond donors (Lipinski definition) is 2. The fraction of sp³-hybridized carbons (Fsp3) is 0.786. The molecule has 0 atom stereocenters. The van der Waals surface area contributed by atoms with Gasteiger partial charge in [-0.25, -0.2) is 4.99 Å². The quantitative estimate of drug-likeness (QED) is 0.457. The molecule has 1 saturated carbocycles. The minimum atomic E-state index is 0. The van der Waals surface area contributed by atoms with E-state index in [4.69, 9.17) is 0 Å². The van der Waals surface area contributed by atoms with Crippen LogP contribution in [0.5, 0.6) is 0 Å². The Morgan fingerprint density at radius 3 is 2.57 bits per heavy atom. The summed E-state index contributed by atoms with van der Waals surface area (Å²) >= 11 is 0. The van der Waals surface area contributed by atoms with Gasteiger partial charge in [0.2, 0.25) is 0 Å². The molecule has 6 nitrogen and oxygen atoms in total. The lowest BCUT2D eigenvalue weighted by Crippen LogP contribution is -2.44. The predicted molar refractivity (Wildman–Crippen MR) is 96.0 cm³/mol. The van der Waals surface area contributed by atoms with Crippen LogP contribution in [-0.2, 0) is 13.6 Å². The van der Waals surface area contributed by atoms with Crippen LogP contribution < -0.4 is 10.6 Å². The standard InChI is InChI=1S/C14H26N6.HI/c1-4-15-14(17-12-8-6-5-7-9-12)16-10-13-19-18-11(2)20(13)3;/h12H,4-10H2,1-3H3,(H2,15,16,17);1H. The average molecular weight is 406 g/mol. The van der Waals surface area contributed by atoms with E-state index in [1.54, 1.807) is 0 Å². The van der Waals surface area contributed by atoms with Gasteiger partial charge in [-0.1, -0.05) is 19.3 Å². The Bertz CT molecular complexity index is 450. The van der Waals surface area contributed by atoms with E-state index in [1.165, 1.54) is 32.1 Å². The third kappa shape index (κ3) is 5.44. The minimum absolute atomic E-state index is 0. The lowest BCUT2D eigenvalue weighted by molar-refractivity contribution is 0.410. The van der Waals surface area contributed by atoms with E-state index >= 15 is 0 Å². The second-order valence-electron chi connectivity index (χ2n) is 5.40. The predicted octanol–water partition coefficient (Wildman–Crippen LogP) is 2.13. The van der Waals surface area contributed by atoms with Crippen molar-refractivity contribution in [3.05, 3.63) is 11.6 Å². The number of halogens is 1. The fourth-order valence-electron chi connectivity index (χ4n) is 2.50. The summed E-state index contributed by atoms with van der Waals surface area (Å²) in [4.78, 5) is 4.62. The molecule has 0 spiro atoms. The summed E-state index contributed by atoms with van der Waals surface area (Å²) in [5.74, 6) is 2.70. The first-order chi connectivity index (χ1) is 9.70. The zero-order chi connectivity index (χ0) is 14.4. The molecular weight excluding hydrogens is 379 g/mol. The number of nitrogens with one attached hydrogen (secondary N) is 2. The molecule has 1 heterocycles. The zero-order valence-corrected chi connectivity index (χ0v) is 15.6. The Labute approximate surface area is 144 Å². The van der Waals surface area contributed by atoms with Gasteiger partial charge in [0, 0.05) is 19.6 Å². The van der Waals surface area contributed by atoms with Crippen molar-refractivity contribution in [1.29, 1.82) is 0 Å². The molecule has 7 heteroatoms. The van der Waals surface area contributed by atoms with E-state index in [2.05, 4.69) is 32.7 Å². The molecule has 0 bridgehead atoms. The Morgan fingerprint density at radius 2 is 2.00 bits per heavy atom. The average Bonchev–Trinajstić information content (AvgIpc) is 2.78. The van der Waals surface area contributed by atoms with Crippen molar-refractivity contribution in [2.75, 3.05) is 6.54 Å².